The van der Waals surface area contributed by atoms with E-state index in [2.05, 4.69) is 5.32 Å². The zero-order valence-corrected chi connectivity index (χ0v) is 10.7. The predicted octanol–water partition coefficient (Wildman–Crippen LogP) is 0.580. The molecule has 0 spiro atoms. The quantitative estimate of drug-likeness (QED) is 0.759. The molecule has 2 amide bonds. The Labute approximate surface area is 110 Å². The molecule has 1 atom stereocenters. The van der Waals surface area contributed by atoms with E-state index in [1.165, 1.54) is 19.2 Å². The molecule has 6 heteroatoms. The highest BCUT2D eigenvalue weighted by atomic mass is 19.1. The molecule has 19 heavy (non-hydrogen) atoms. The van der Waals surface area contributed by atoms with Crippen LogP contribution in [0.2, 0.25) is 0 Å². The van der Waals surface area contributed by atoms with Crippen molar-refractivity contribution in [3.63, 3.8) is 0 Å². The smallest absolute Gasteiger partial charge is 0.226 e. The molecule has 1 aromatic rings. The van der Waals surface area contributed by atoms with Crippen LogP contribution in [0.5, 0.6) is 0 Å². The molecule has 1 rings (SSSR count). The molecule has 0 heterocycles. The molecule has 0 aliphatic rings. The summed E-state index contributed by atoms with van der Waals surface area (Å²) in [5.74, 6) is -1.81. The van der Waals surface area contributed by atoms with Crippen molar-refractivity contribution in [2.45, 2.75) is 13.0 Å². The SMILES string of the molecule is COC[C@@H](CC(N)=O)C(=O)NCc1ccc(F)cc1. The number of hydrogen-bond acceptors (Lipinski definition) is 3. The summed E-state index contributed by atoms with van der Waals surface area (Å²) in [6, 6.07) is 5.79. The van der Waals surface area contributed by atoms with Gasteiger partial charge in [0.25, 0.3) is 0 Å². The molecule has 0 unspecified atom stereocenters. The van der Waals surface area contributed by atoms with Gasteiger partial charge < -0.3 is 15.8 Å². The van der Waals surface area contributed by atoms with Crippen LogP contribution in [0.1, 0.15) is 12.0 Å². The fourth-order valence-electron chi connectivity index (χ4n) is 1.61. The minimum Gasteiger partial charge on any atom is -0.384 e. The predicted molar refractivity (Wildman–Crippen MR) is 67.4 cm³/mol. The van der Waals surface area contributed by atoms with Gasteiger partial charge in [0.1, 0.15) is 5.82 Å². The molecule has 5 nitrogen and oxygen atoms in total. The third kappa shape index (κ3) is 5.48. The average Bonchev–Trinajstić information content (AvgIpc) is 2.37. The summed E-state index contributed by atoms with van der Waals surface area (Å²) < 4.78 is 17.6. The van der Waals surface area contributed by atoms with Crippen LogP contribution >= 0.6 is 0 Å². The Morgan fingerprint density at radius 2 is 2.00 bits per heavy atom. The van der Waals surface area contributed by atoms with Gasteiger partial charge in [-0.3, -0.25) is 9.59 Å². The summed E-state index contributed by atoms with van der Waals surface area (Å²) in [7, 11) is 1.45. The Morgan fingerprint density at radius 3 is 2.53 bits per heavy atom. The Kier molecular flexibility index (Phi) is 5.95. The molecular formula is C13H17FN2O3. The summed E-state index contributed by atoms with van der Waals surface area (Å²) in [5.41, 5.74) is 5.84. The number of carbonyl (C=O) groups is 2. The zero-order chi connectivity index (χ0) is 14.3. The van der Waals surface area contributed by atoms with Crippen molar-refractivity contribution in [1.29, 1.82) is 0 Å². The monoisotopic (exact) mass is 268 g/mol. The number of methoxy groups -OCH3 is 1. The van der Waals surface area contributed by atoms with E-state index >= 15 is 0 Å². The Hall–Kier alpha value is -1.95. The molecule has 0 bridgehead atoms. The third-order valence-corrected chi connectivity index (χ3v) is 2.57. The number of benzene rings is 1. The fourth-order valence-corrected chi connectivity index (χ4v) is 1.61. The number of nitrogens with one attached hydrogen (secondary N) is 1. The number of ether oxygens (including phenoxy) is 1. The normalized spacial score (nSPS) is 11.9. The van der Waals surface area contributed by atoms with Crippen molar-refractivity contribution < 1.29 is 18.7 Å². The lowest BCUT2D eigenvalue weighted by molar-refractivity contribution is -0.131. The molecule has 1 aromatic carbocycles. The summed E-state index contributed by atoms with van der Waals surface area (Å²) in [6.07, 6.45) is -0.0664. The topological polar surface area (TPSA) is 81.4 Å². The first-order valence-corrected chi connectivity index (χ1v) is 5.82. The van der Waals surface area contributed by atoms with Crippen LogP contribution in [0.4, 0.5) is 4.39 Å². The molecule has 0 saturated carbocycles. The maximum atomic E-state index is 12.7. The molecule has 0 fully saturated rings. The second kappa shape index (κ2) is 7.48. The standard InChI is InChI=1S/C13H17FN2O3/c1-19-8-10(6-12(15)17)13(18)16-7-9-2-4-11(14)5-3-9/h2-5,10H,6-8H2,1H3,(H2,15,17)(H,16,18)/t10-/m1/s1. The molecule has 0 aromatic heterocycles. The van der Waals surface area contributed by atoms with Gasteiger partial charge in [-0.1, -0.05) is 12.1 Å². The van der Waals surface area contributed by atoms with E-state index in [1.807, 2.05) is 0 Å². The van der Waals surface area contributed by atoms with Crippen LogP contribution in [0, 0.1) is 11.7 Å². The number of halogens is 1. The number of amides is 2. The Morgan fingerprint density at radius 1 is 1.37 bits per heavy atom. The third-order valence-electron chi connectivity index (χ3n) is 2.57. The van der Waals surface area contributed by atoms with E-state index in [4.69, 9.17) is 10.5 Å². The minimum atomic E-state index is -0.608. The second-order valence-electron chi connectivity index (χ2n) is 4.17. The lowest BCUT2D eigenvalue weighted by atomic mass is 10.1. The molecule has 0 aliphatic heterocycles. The van der Waals surface area contributed by atoms with Crippen molar-refractivity contribution in [1.82, 2.24) is 5.32 Å². The summed E-state index contributed by atoms with van der Waals surface area (Å²) in [6.45, 7) is 0.385. The van der Waals surface area contributed by atoms with Crippen molar-refractivity contribution >= 4 is 11.8 Å². The first-order chi connectivity index (χ1) is 9.02. The van der Waals surface area contributed by atoms with Crippen molar-refractivity contribution in [2.24, 2.45) is 11.7 Å². The minimum absolute atomic E-state index is 0.0664. The highest BCUT2D eigenvalue weighted by molar-refractivity contribution is 5.85. The van der Waals surface area contributed by atoms with Gasteiger partial charge in [-0.15, -0.1) is 0 Å². The van der Waals surface area contributed by atoms with Crippen LogP contribution in [0.15, 0.2) is 24.3 Å². The van der Waals surface area contributed by atoms with Crippen molar-refractivity contribution in [2.75, 3.05) is 13.7 Å². The fraction of sp³-hybridized carbons (Fsp3) is 0.385. The average molecular weight is 268 g/mol. The molecule has 104 valence electrons. The van der Waals surface area contributed by atoms with Gasteiger partial charge in [0.15, 0.2) is 0 Å². The number of hydrogen-bond donors (Lipinski definition) is 2. The number of nitrogens with two attached hydrogens (primary N) is 1. The van der Waals surface area contributed by atoms with Crippen LogP contribution in [0.3, 0.4) is 0 Å². The Bertz CT molecular complexity index is 434. The van der Waals surface area contributed by atoms with Gasteiger partial charge in [0.2, 0.25) is 11.8 Å². The van der Waals surface area contributed by atoms with Gasteiger partial charge in [-0.25, -0.2) is 4.39 Å². The summed E-state index contributed by atoms with van der Waals surface area (Å²) >= 11 is 0. The molecule has 0 aliphatic carbocycles. The summed E-state index contributed by atoms with van der Waals surface area (Å²) in [5, 5.41) is 2.66. The second-order valence-corrected chi connectivity index (χ2v) is 4.17. The molecular weight excluding hydrogens is 251 g/mol. The van der Waals surface area contributed by atoms with Crippen LogP contribution in [-0.2, 0) is 20.9 Å². The van der Waals surface area contributed by atoms with E-state index in [0.29, 0.717) is 0 Å². The highest BCUT2D eigenvalue weighted by Crippen LogP contribution is 2.06. The van der Waals surface area contributed by atoms with Crippen LogP contribution in [-0.4, -0.2) is 25.5 Å². The van der Waals surface area contributed by atoms with Gasteiger partial charge in [0.05, 0.1) is 12.5 Å². The van der Waals surface area contributed by atoms with E-state index < -0.39 is 11.8 Å². The first kappa shape index (κ1) is 15.1. The Balaban J connectivity index is 2.51. The maximum Gasteiger partial charge on any atom is 0.226 e. The maximum absolute atomic E-state index is 12.7. The van der Waals surface area contributed by atoms with Gasteiger partial charge >= 0.3 is 0 Å². The lowest BCUT2D eigenvalue weighted by Crippen LogP contribution is -2.35. The largest absolute Gasteiger partial charge is 0.384 e. The van der Waals surface area contributed by atoms with Crippen molar-refractivity contribution in [3.8, 4) is 0 Å². The molecule has 0 radical (unpaired) electrons. The molecule has 0 saturated heterocycles. The molecule has 3 N–H and O–H groups in total. The number of rotatable bonds is 7. The van der Waals surface area contributed by atoms with E-state index in [-0.39, 0.29) is 31.3 Å². The van der Waals surface area contributed by atoms with E-state index in [9.17, 15) is 14.0 Å². The number of primary amides is 1. The lowest BCUT2D eigenvalue weighted by Gasteiger charge is -2.14. The zero-order valence-electron chi connectivity index (χ0n) is 10.7. The van der Waals surface area contributed by atoms with Crippen LogP contribution in [0.25, 0.3) is 0 Å². The van der Waals surface area contributed by atoms with Gasteiger partial charge in [-0.05, 0) is 17.7 Å². The first-order valence-electron chi connectivity index (χ1n) is 5.82. The van der Waals surface area contributed by atoms with Crippen LogP contribution < -0.4 is 11.1 Å². The van der Waals surface area contributed by atoms with E-state index in [1.54, 1.807) is 12.1 Å². The van der Waals surface area contributed by atoms with Gasteiger partial charge in [0, 0.05) is 20.1 Å². The van der Waals surface area contributed by atoms with Gasteiger partial charge in [-0.2, -0.15) is 0 Å². The highest BCUT2D eigenvalue weighted by Gasteiger charge is 2.20. The summed E-state index contributed by atoms with van der Waals surface area (Å²) in [4.78, 5) is 22.7. The van der Waals surface area contributed by atoms with E-state index in [0.717, 1.165) is 5.56 Å². The van der Waals surface area contributed by atoms with Crippen molar-refractivity contribution in [3.05, 3.63) is 35.6 Å². The number of carbonyl (C=O) groups excluding carboxylic acids is 2.